The smallest absolute Gasteiger partial charge is 0.271 e. The molecule has 0 unspecified atom stereocenters. The van der Waals surface area contributed by atoms with E-state index in [1.54, 1.807) is 16.7 Å². The Morgan fingerprint density at radius 3 is 2.71 bits per heavy atom. The highest BCUT2D eigenvalue weighted by molar-refractivity contribution is 7.09. The number of benzene rings is 2. The summed E-state index contributed by atoms with van der Waals surface area (Å²) in [5, 5.41) is 7.18. The van der Waals surface area contributed by atoms with Crippen molar-refractivity contribution in [2.24, 2.45) is 0 Å². The van der Waals surface area contributed by atoms with Crippen LogP contribution in [0.1, 0.15) is 28.9 Å². The molecule has 2 aromatic heterocycles. The summed E-state index contributed by atoms with van der Waals surface area (Å²) in [4.78, 5) is 17.4. The summed E-state index contributed by atoms with van der Waals surface area (Å²) in [6.45, 7) is 1.88. The van der Waals surface area contributed by atoms with Crippen molar-refractivity contribution in [3.8, 4) is 16.9 Å². The SMILES string of the molecule is Cc1nc(-c2ccc(-n3nc4n(c3=O)[C@H](c3ccccc3)CC4)cc2F)cs1. The lowest BCUT2D eigenvalue weighted by Gasteiger charge is -2.12. The zero-order valence-electron chi connectivity index (χ0n) is 15.2. The summed E-state index contributed by atoms with van der Waals surface area (Å²) in [5.74, 6) is 0.320. The van der Waals surface area contributed by atoms with E-state index in [1.165, 1.54) is 22.1 Å². The molecular weight excluding hydrogens is 375 g/mol. The first-order valence-electron chi connectivity index (χ1n) is 9.09. The van der Waals surface area contributed by atoms with E-state index >= 15 is 0 Å². The second kappa shape index (κ2) is 6.53. The average molecular weight is 392 g/mol. The third-order valence-corrected chi connectivity index (χ3v) is 5.88. The normalized spacial score (nSPS) is 15.7. The van der Waals surface area contributed by atoms with Crippen LogP contribution in [0, 0.1) is 12.7 Å². The number of nitrogens with zero attached hydrogens (tertiary/aromatic N) is 4. The largest absolute Gasteiger partial charge is 0.351 e. The number of hydrogen-bond donors (Lipinski definition) is 0. The van der Waals surface area contributed by atoms with Gasteiger partial charge < -0.3 is 0 Å². The van der Waals surface area contributed by atoms with Crippen molar-refractivity contribution in [2.45, 2.75) is 25.8 Å². The minimum absolute atomic E-state index is 0.0282. The van der Waals surface area contributed by atoms with Gasteiger partial charge in [-0.1, -0.05) is 30.3 Å². The molecule has 4 aromatic rings. The number of fused-ring (bicyclic) bond motifs is 1. The molecule has 140 valence electrons. The maximum Gasteiger partial charge on any atom is 0.351 e. The molecule has 0 amide bonds. The minimum atomic E-state index is -0.414. The van der Waals surface area contributed by atoms with Crippen LogP contribution in [0.2, 0.25) is 0 Å². The van der Waals surface area contributed by atoms with Crippen LogP contribution in [0.4, 0.5) is 4.39 Å². The molecule has 0 bridgehead atoms. The Kier molecular flexibility index (Phi) is 3.98. The predicted octanol–water partition coefficient (Wildman–Crippen LogP) is 4.14. The Bertz CT molecular complexity index is 1220. The van der Waals surface area contributed by atoms with E-state index in [4.69, 9.17) is 0 Å². The molecule has 0 saturated carbocycles. The van der Waals surface area contributed by atoms with Gasteiger partial charge in [-0.2, -0.15) is 4.68 Å². The molecular formula is C21H17FN4OS. The lowest BCUT2D eigenvalue weighted by Crippen LogP contribution is -2.26. The van der Waals surface area contributed by atoms with Crippen LogP contribution in [-0.4, -0.2) is 19.3 Å². The summed E-state index contributed by atoms with van der Waals surface area (Å²) >= 11 is 1.48. The van der Waals surface area contributed by atoms with E-state index in [9.17, 15) is 9.18 Å². The first kappa shape index (κ1) is 17.1. The topological polar surface area (TPSA) is 52.7 Å². The number of thiazole rings is 1. The number of halogens is 1. The van der Waals surface area contributed by atoms with E-state index in [-0.39, 0.29) is 11.7 Å². The fraction of sp³-hybridized carbons (Fsp3) is 0.190. The summed E-state index contributed by atoms with van der Waals surface area (Å²) in [7, 11) is 0. The molecule has 1 atom stereocenters. The molecule has 0 fully saturated rings. The zero-order valence-corrected chi connectivity index (χ0v) is 16.0. The van der Waals surface area contributed by atoms with Gasteiger partial charge in [0.1, 0.15) is 11.6 Å². The van der Waals surface area contributed by atoms with Crippen LogP contribution >= 0.6 is 11.3 Å². The molecule has 0 saturated heterocycles. The van der Waals surface area contributed by atoms with E-state index in [0.717, 1.165) is 29.2 Å². The molecule has 0 spiro atoms. The highest BCUT2D eigenvalue weighted by atomic mass is 32.1. The molecule has 1 aliphatic heterocycles. The summed E-state index contributed by atoms with van der Waals surface area (Å²) in [6.07, 6.45) is 1.57. The Balaban J connectivity index is 1.55. The van der Waals surface area contributed by atoms with Crippen molar-refractivity contribution in [1.82, 2.24) is 19.3 Å². The van der Waals surface area contributed by atoms with E-state index in [0.29, 0.717) is 16.9 Å². The zero-order chi connectivity index (χ0) is 19.3. The standard InChI is InChI=1S/C21H17FN4OS/c1-13-23-18(12-28-13)16-8-7-15(11-17(16)22)26-21(27)25-19(9-10-20(25)24-26)14-5-3-2-4-6-14/h2-8,11-12,19H,9-10H2,1H3/t19-/m0/s1. The van der Waals surface area contributed by atoms with Gasteiger partial charge in [-0.25, -0.2) is 14.2 Å². The van der Waals surface area contributed by atoms with Crippen LogP contribution in [0.25, 0.3) is 16.9 Å². The van der Waals surface area contributed by atoms with Gasteiger partial charge in [-0.05, 0) is 31.0 Å². The Hall–Kier alpha value is -3.06. The van der Waals surface area contributed by atoms with Crippen LogP contribution in [0.3, 0.4) is 0 Å². The van der Waals surface area contributed by atoms with Crippen molar-refractivity contribution in [2.75, 3.05) is 0 Å². The molecule has 0 aliphatic carbocycles. The van der Waals surface area contributed by atoms with Crippen LogP contribution in [0.5, 0.6) is 0 Å². The van der Waals surface area contributed by atoms with E-state index in [1.807, 2.05) is 42.6 Å². The Labute approximate surface area is 164 Å². The maximum absolute atomic E-state index is 14.7. The fourth-order valence-electron chi connectivity index (χ4n) is 3.79. The fourth-order valence-corrected chi connectivity index (χ4v) is 4.40. The Morgan fingerprint density at radius 1 is 1.18 bits per heavy atom. The van der Waals surface area contributed by atoms with E-state index < -0.39 is 5.82 Å². The Morgan fingerprint density at radius 2 is 2.00 bits per heavy atom. The molecule has 3 heterocycles. The van der Waals surface area contributed by atoms with E-state index in [2.05, 4.69) is 10.1 Å². The van der Waals surface area contributed by atoms with Gasteiger partial charge in [0, 0.05) is 23.4 Å². The minimum Gasteiger partial charge on any atom is -0.271 e. The van der Waals surface area contributed by atoms with Crippen LogP contribution in [0.15, 0.2) is 58.7 Å². The lowest BCUT2D eigenvalue weighted by molar-refractivity contribution is 0.586. The first-order valence-corrected chi connectivity index (χ1v) is 9.97. The van der Waals surface area contributed by atoms with Crippen LogP contribution < -0.4 is 5.69 Å². The molecule has 2 aromatic carbocycles. The predicted molar refractivity (Wildman–Crippen MR) is 107 cm³/mol. The number of aryl methyl sites for hydroxylation is 2. The van der Waals surface area contributed by atoms with Gasteiger partial charge in [0.05, 0.1) is 22.4 Å². The third-order valence-electron chi connectivity index (χ3n) is 5.11. The summed E-state index contributed by atoms with van der Waals surface area (Å²) < 4.78 is 17.7. The molecule has 5 nitrogen and oxygen atoms in total. The highest BCUT2D eigenvalue weighted by Gasteiger charge is 2.29. The van der Waals surface area contributed by atoms with Crippen molar-refractivity contribution in [3.63, 3.8) is 0 Å². The second-order valence-corrected chi connectivity index (χ2v) is 7.92. The first-order chi connectivity index (χ1) is 13.6. The van der Waals surface area contributed by atoms with Crippen molar-refractivity contribution < 1.29 is 4.39 Å². The van der Waals surface area contributed by atoms with Gasteiger partial charge in [0.15, 0.2) is 0 Å². The number of aromatic nitrogens is 4. The monoisotopic (exact) mass is 392 g/mol. The highest BCUT2D eigenvalue weighted by Crippen LogP contribution is 2.30. The van der Waals surface area contributed by atoms with Crippen molar-refractivity contribution in [1.29, 1.82) is 0 Å². The molecule has 1 aliphatic rings. The average Bonchev–Trinajstić information content (AvgIpc) is 3.39. The molecule has 7 heteroatoms. The molecule has 5 rings (SSSR count). The van der Waals surface area contributed by atoms with Gasteiger partial charge in [-0.15, -0.1) is 16.4 Å². The van der Waals surface area contributed by atoms with Gasteiger partial charge in [0.2, 0.25) is 0 Å². The van der Waals surface area contributed by atoms with Crippen LogP contribution in [-0.2, 0) is 6.42 Å². The molecule has 28 heavy (non-hydrogen) atoms. The number of rotatable bonds is 3. The lowest BCUT2D eigenvalue weighted by atomic mass is 10.1. The van der Waals surface area contributed by atoms with Crippen molar-refractivity contribution in [3.05, 3.63) is 86.6 Å². The van der Waals surface area contributed by atoms with Gasteiger partial charge >= 0.3 is 5.69 Å². The maximum atomic E-state index is 14.7. The molecule has 0 radical (unpaired) electrons. The van der Waals surface area contributed by atoms with Gasteiger partial charge in [-0.3, -0.25) is 4.57 Å². The summed E-state index contributed by atoms with van der Waals surface area (Å²) in [5.41, 5.74) is 2.30. The third kappa shape index (κ3) is 2.70. The molecule has 0 N–H and O–H groups in total. The summed E-state index contributed by atoms with van der Waals surface area (Å²) in [6, 6.07) is 14.6. The quantitative estimate of drug-likeness (QED) is 0.527. The van der Waals surface area contributed by atoms with Gasteiger partial charge in [0.25, 0.3) is 0 Å². The number of hydrogen-bond acceptors (Lipinski definition) is 4. The van der Waals surface area contributed by atoms with Crippen molar-refractivity contribution >= 4 is 11.3 Å². The second-order valence-electron chi connectivity index (χ2n) is 6.86.